The Hall–Kier alpha value is -0.550. The van der Waals surface area contributed by atoms with E-state index in [4.69, 9.17) is 10.3 Å². The summed E-state index contributed by atoms with van der Waals surface area (Å²) in [5.41, 5.74) is 5.61. The highest BCUT2D eigenvalue weighted by molar-refractivity contribution is 7.98. The highest BCUT2D eigenvalue weighted by Gasteiger charge is 2.02. The largest absolute Gasteiger partial charge is 0.340 e. The molecule has 5 heteroatoms. The first-order valence-electron chi connectivity index (χ1n) is 4.31. The van der Waals surface area contributed by atoms with Gasteiger partial charge in [-0.1, -0.05) is 5.16 Å². The van der Waals surface area contributed by atoms with Gasteiger partial charge in [0.05, 0.1) is 5.75 Å². The first kappa shape index (κ1) is 10.5. The van der Waals surface area contributed by atoms with Crippen LogP contribution in [0.15, 0.2) is 4.52 Å². The van der Waals surface area contributed by atoms with Crippen molar-refractivity contribution in [2.45, 2.75) is 32.1 Å². The number of thioether (sulfide) groups is 1. The molecule has 0 saturated carbocycles. The molecule has 74 valence electrons. The summed E-state index contributed by atoms with van der Waals surface area (Å²) in [7, 11) is 0. The molecule has 0 fully saturated rings. The Labute approximate surface area is 82.3 Å². The quantitative estimate of drug-likeness (QED) is 0.728. The van der Waals surface area contributed by atoms with Crippen LogP contribution in [0.1, 0.15) is 25.1 Å². The van der Waals surface area contributed by atoms with Gasteiger partial charge in [0, 0.05) is 13.0 Å². The van der Waals surface area contributed by atoms with Crippen molar-refractivity contribution in [3.05, 3.63) is 11.7 Å². The standard InChI is InChI=1S/C8H15N3OS/c1-6(9)3-4-13-5-8-10-7(2)12-11-8/h6H,3-5,9H2,1-2H3. The van der Waals surface area contributed by atoms with E-state index in [1.165, 1.54) is 0 Å². The van der Waals surface area contributed by atoms with Gasteiger partial charge in [-0.05, 0) is 19.1 Å². The van der Waals surface area contributed by atoms with Gasteiger partial charge in [0.2, 0.25) is 5.89 Å². The van der Waals surface area contributed by atoms with E-state index in [-0.39, 0.29) is 6.04 Å². The normalized spacial score (nSPS) is 13.2. The van der Waals surface area contributed by atoms with Crippen molar-refractivity contribution in [1.82, 2.24) is 10.1 Å². The number of aromatic nitrogens is 2. The predicted octanol–water partition coefficient (Wildman–Crippen LogP) is 1.35. The summed E-state index contributed by atoms with van der Waals surface area (Å²) in [5, 5.41) is 3.79. The topological polar surface area (TPSA) is 64.9 Å². The number of rotatable bonds is 5. The van der Waals surface area contributed by atoms with Crippen LogP contribution in [0.3, 0.4) is 0 Å². The lowest BCUT2D eigenvalue weighted by molar-refractivity contribution is 0.389. The third-order valence-electron chi connectivity index (χ3n) is 1.52. The fourth-order valence-electron chi connectivity index (χ4n) is 0.833. The monoisotopic (exact) mass is 201 g/mol. The van der Waals surface area contributed by atoms with Gasteiger partial charge in [-0.3, -0.25) is 0 Å². The number of nitrogens with zero attached hydrogens (tertiary/aromatic N) is 2. The smallest absolute Gasteiger partial charge is 0.223 e. The molecular formula is C8H15N3OS. The van der Waals surface area contributed by atoms with Crippen molar-refractivity contribution in [2.75, 3.05) is 5.75 Å². The van der Waals surface area contributed by atoms with Gasteiger partial charge in [0.1, 0.15) is 0 Å². The zero-order valence-electron chi connectivity index (χ0n) is 7.99. The lowest BCUT2D eigenvalue weighted by Gasteiger charge is -2.01. The molecule has 0 aliphatic rings. The van der Waals surface area contributed by atoms with Gasteiger partial charge >= 0.3 is 0 Å². The molecule has 1 atom stereocenters. The van der Waals surface area contributed by atoms with E-state index in [9.17, 15) is 0 Å². The Kier molecular flexibility index (Phi) is 4.24. The van der Waals surface area contributed by atoms with Crippen LogP contribution in [0, 0.1) is 6.92 Å². The first-order valence-corrected chi connectivity index (χ1v) is 5.46. The third-order valence-corrected chi connectivity index (χ3v) is 2.51. The maximum Gasteiger partial charge on any atom is 0.223 e. The van der Waals surface area contributed by atoms with Crippen LogP contribution in [-0.2, 0) is 5.75 Å². The maximum atomic E-state index is 5.61. The molecule has 1 rings (SSSR count). The van der Waals surface area contributed by atoms with Gasteiger partial charge in [0.25, 0.3) is 0 Å². The van der Waals surface area contributed by atoms with Crippen LogP contribution in [0.25, 0.3) is 0 Å². The molecule has 0 spiro atoms. The van der Waals surface area contributed by atoms with Crippen LogP contribution >= 0.6 is 11.8 Å². The molecule has 13 heavy (non-hydrogen) atoms. The molecule has 0 amide bonds. The van der Waals surface area contributed by atoms with E-state index in [1.54, 1.807) is 18.7 Å². The van der Waals surface area contributed by atoms with Crippen LogP contribution in [0.2, 0.25) is 0 Å². The lowest BCUT2D eigenvalue weighted by Crippen LogP contribution is -2.15. The Bertz CT molecular complexity index is 249. The summed E-state index contributed by atoms with van der Waals surface area (Å²) < 4.78 is 4.84. The van der Waals surface area contributed by atoms with E-state index in [0.717, 1.165) is 23.8 Å². The Morgan fingerprint density at radius 3 is 2.92 bits per heavy atom. The molecule has 0 aliphatic carbocycles. The van der Waals surface area contributed by atoms with Crippen molar-refractivity contribution in [3.63, 3.8) is 0 Å². The SMILES string of the molecule is Cc1nc(CSCCC(C)N)no1. The molecule has 0 bridgehead atoms. The average molecular weight is 201 g/mol. The molecule has 1 heterocycles. The van der Waals surface area contributed by atoms with Gasteiger partial charge in [0.15, 0.2) is 5.82 Å². The molecule has 0 aromatic carbocycles. The average Bonchev–Trinajstić information content (AvgIpc) is 2.45. The summed E-state index contributed by atoms with van der Waals surface area (Å²) >= 11 is 1.78. The van der Waals surface area contributed by atoms with Gasteiger partial charge in [-0.25, -0.2) is 0 Å². The number of aryl methyl sites for hydroxylation is 1. The van der Waals surface area contributed by atoms with Crippen molar-refractivity contribution in [3.8, 4) is 0 Å². The van der Waals surface area contributed by atoms with Crippen LogP contribution < -0.4 is 5.73 Å². The number of nitrogens with two attached hydrogens (primary N) is 1. The van der Waals surface area contributed by atoms with Crippen molar-refractivity contribution < 1.29 is 4.52 Å². The van der Waals surface area contributed by atoms with E-state index < -0.39 is 0 Å². The summed E-state index contributed by atoms with van der Waals surface area (Å²) in [5.74, 6) is 3.25. The fourth-order valence-corrected chi connectivity index (χ4v) is 1.82. The molecule has 1 unspecified atom stereocenters. The van der Waals surface area contributed by atoms with Crippen molar-refractivity contribution >= 4 is 11.8 Å². The molecule has 0 saturated heterocycles. The third kappa shape index (κ3) is 4.28. The summed E-state index contributed by atoms with van der Waals surface area (Å²) in [4.78, 5) is 4.10. The first-order chi connectivity index (χ1) is 6.18. The minimum absolute atomic E-state index is 0.277. The summed E-state index contributed by atoms with van der Waals surface area (Å²) in [6, 6.07) is 0.277. The van der Waals surface area contributed by atoms with Crippen LogP contribution in [-0.4, -0.2) is 21.9 Å². The van der Waals surface area contributed by atoms with Crippen molar-refractivity contribution in [1.29, 1.82) is 0 Å². The van der Waals surface area contributed by atoms with E-state index in [1.807, 2.05) is 6.92 Å². The molecule has 1 aromatic heterocycles. The van der Waals surface area contributed by atoms with Gasteiger partial charge < -0.3 is 10.3 Å². The van der Waals surface area contributed by atoms with E-state index >= 15 is 0 Å². The summed E-state index contributed by atoms with van der Waals surface area (Å²) in [6.07, 6.45) is 1.03. The van der Waals surface area contributed by atoms with Crippen LogP contribution in [0.4, 0.5) is 0 Å². The Balaban J connectivity index is 2.13. The minimum atomic E-state index is 0.277. The second-order valence-electron chi connectivity index (χ2n) is 3.05. The zero-order valence-corrected chi connectivity index (χ0v) is 8.80. The summed E-state index contributed by atoms with van der Waals surface area (Å²) in [6.45, 7) is 3.81. The highest BCUT2D eigenvalue weighted by atomic mass is 32.2. The molecule has 1 aromatic rings. The molecular weight excluding hydrogens is 186 g/mol. The minimum Gasteiger partial charge on any atom is -0.340 e. The van der Waals surface area contributed by atoms with Crippen LogP contribution in [0.5, 0.6) is 0 Å². The molecule has 0 radical (unpaired) electrons. The lowest BCUT2D eigenvalue weighted by atomic mass is 10.3. The Morgan fingerprint density at radius 2 is 2.38 bits per heavy atom. The molecule has 0 aliphatic heterocycles. The number of hydrogen-bond acceptors (Lipinski definition) is 5. The Morgan fingerprint density at radius 1 is 1.62 bits per heavy atom. The van der Waals surface area contributed by atoms with Crippen molar-refractivity contribution in [2.24, 2.45) is 5.73 Å². The molecule has 4 nitrogen and oxygen atoms in total. The zero-order chi connectivity index (χ0) is 9.68. The maximum absolute atomic E-state index is 5.61. The van der Waals surface area contributed by atoms with Gasteiger partial charge in [-0.15, -0.1) is 0 Å². The van der Waals surface area contributed by atoms with E-state index in [0.29, 0.717) is 5.89 Å². The molecule has 2 N–H and O–H groups in total. The van der Waals surface area contributed by atoms with E-state index in [2.05, 4.69) is 10.1 Å². The second kappa shape index (κ2) is 5.24. The fraction of sp³-hybridized carbons (Fsp3) is 0.750. The number of hydrogen-bond donors (Lipinski definition) is 1. The second-order valence-corrected chi connectivity index (χ2v) is 4.15. The predicted molar refractivity (Wildman–Crippen MR) is 53.5 cm³/mol. The van der Waals surface area contributed by atoms with Gasteiger partial charge in [-0.2, -0.15) is 16.7 Å². The highest BCUT2D eigenvalue weighted by Crippen LogP contribution is 2.10.